The molecule has 1 aromatic carbocycles. The number of aromatic nitrogens is 2. The zero-order valence-corrected chi connectivity index (χ0v) is 20.3. The van der Waals surface area contributed by atoms with Crippen LogP contribution in [0.5, 0.6) is 5.88 Å². The Hall–Kier alpha value is -3.22. The van der Waals surface area contributed by atoms with Gasteiger partial charge in [-0.2, -0.15) is 17.5 Å². The molecular weight excluding hydrogens is 497 g/mol. The molecule has 3 aromatic rings. The minimum Gasteiger partial charge on any atom is -0.481 e. The number of aliphatic hydroxyl groups excluding tert-OH is 1. The number of pyridine rings is 2. The van der Waals surface area contributed by atoms with Crippen molar-refractivity contribution < 1.29 is 31.4 Å². The highest BCUT2D eigenvalue weighted by Crippen LogP contribution is 2.31. The quantitative estimate of drug-likeness (QED) is 0.509. The van der Waals surface area contributed by atoms with E-state index in [-0.39, 0.29) is 30.2 Å². The number of nitrogens with zero attached hydrogens (tertiary/aromatic N) is 3. The molecule has 0 aliphatic carbocycles. The van der Waals surface area contributed by atoms with Crippen LogP contribution in [0.2, 0.25) is 0 Å². The van der Waals surface area contributed by atoms with E-state index in [0.29, 0.717) is 12.1 Å². The minimum atomic E-state index is -4.49. The predicted molar refractivity (Wildman–Crippen MR) is 127 cm³/mol. The van der Waals surface area contributed by atoms with Gasteiger partial charge in [-0.25, -0.2) is 18.4 Å². The van der Waals surface area contributed by atoms with E-state index in [1.54, 1.807) is 18.3 Å². The van der Waals surface area contributed by atoms with Gasteiger partial charge < -0.3 is 15.2 Å². The van der Waals surface area contributed by atoms with E-state index in [9.17, 15) is 26.7 Å². The number of aliphatic hydroxyl groups is 1. The van der Waals surface area contributed by atoms with Crippen molar-refractivity contribution in [3.05, 3.63) is 66.0 Å². The smallest absolute Gasteiger partial charge is 0.417 e. The average molecular weight is 523 g/mol. The number of rotatable bonds is 6. The number of β-amino-alcohol motifs (C(OH)–C–C–N with tert-alkyl or cyclic N) is 1. The number of piperidine rings is 1. The Kier molecular flexibility index (Phi) is 7.21. The number of methoxy groups -OCH3 is 1. The summed E-state index contributed by atoms with van der Waals surface area (Å²) in [5.41, 5.74) is 1.62. The maximum atomic E-state index is 13.2. The van der Waals surface area contributed by atoms with Crippen molar-refractivity contribution in [3.63, 3.8) is 0 Å². The van der Waals surface area contributed by atoms with Crippen molar-refractivity contribution >= 4 is 15.8 Å². The lowest BCUT2D eigenvalue weighted by Crippen LogP contribution is -2.51. The third-order valence-corrected chi connectivity index (χ3v) is 8.00. The first-order valence-corrected chi connectivity index (χ1v) is 12.5. The highest BCUT2D eigenvalue weighted by Gasteiger charge is 2.35. The minimum absolute atomic E-state index is 0.0907. The van der Waals surface area contributed by atoms with Gasteiger partial charge in [-0.05, 0) is 54.8 Å². The van der Waals surface area contributed by atoms with Gasteiger partial charge in [0, 0.05) is 31.0 Å². The molecule has 2 N–H and O–H groups in total. The van der Waals surface area contributed by atoms with E-state index in [0.717, 1.165) is 22.8 Å². The van der Waals surface area contributed by atoms with Gasteiger partial charge >= 0.3 is 6.18 Å². The van der Waals surface area contributed by atoms with Crippen molar-refractivity contribution in [2.75, 3.05) is 25.5 Å². The van der Waals surface area contributed by atoms with Crippen LogP contribution in [-0.2, 0) is 16.2 Å². The van der Waals surface area contributed by atoms with E-state index in [1.165, 1.54) is 29.6 Å². The predicted octanol–water partition coefficient (Wildman–Crippen LogP) is 3.72. The van der Waals surface area contributed by atoms with Gasteiger partial charge in [0.1, 0.15) is 5.82 Å². The van der Waals surface area contributed by atoms with E-state index in [2.05, 4.69) is 15.3 Å². The van der Waals surface area contributed by atoms with Crippen LogP contribution >= 0.6 is 0 Å². The van der Waals surface area contributed by atoms with Gasteiger partial charge in [-0.15, -0.1) is 0 Å². The average Bonchev–Trinajstić information content (AvgIpc) is 2.85. The Bertz CT molecular complexity index is 1320. The second kappa shape index (κ2) is 10.0. The fourth-order valence-corrected chi connectivity index (χ4v) is 5.59. The maximum Gasteiger partial charge on any atom is 0.417 e. The number of alkyl halides is 3. The van der Waals surface area contributed by atoms with Crippen LogP contribution in [0.1, 0.15) is 17.5 Å². The Morgan fingerprint density at radius 2 is 1.83 bits per heavy atom. The second-order valence-corrected chi connectivity index (χ2v) is 10.4. The number of hydrogen-bond acceptors (Lipinski definition) is 7. The van der Waals surface area contributed by atoms with Gasteiger partial charge in [0.25, 0.3) is 0 Å². The second-order valence-electron chi connectivity index (χ2n) is 8.42. The first-order valence-electron chi connectivity index (χ1n) is 11.1. The van der Waals surface area contributed by atoms with E-state index in [4.69, 9.17) is 4.74 Å². The van der Waals surface area contributed by atoms with E-state index < -0.39 is 33.9 Å². The molecule has 4 rings (SSSR count). The SMILES string of the molecule is COc1nccc(-c2ccc(S(=O)(=O)N3CC[C@@H](Nc4ccc(C(F)(F)F)cn4)[C@@H](O)C3)cc2)c1C. The lowest BCUT2D eigenvalue weighted by Gasteiger charge is -2.35. The van der Waals surface area contributed by atoms with Crippen molar-refractivity contribution in [3.8, 4) is 17.0 Å². The molecular formula is C24H25F3N4O4S. The first-order chi connectivity index (χ1) is 17.0. The molecule has 0 saturated carbocycles. The van der Waals surface area contributed by atoms with E-state index in [1.807, 2.05) is 13.0 Å². The van der Waals surface area contributed by atoms with Crippen LogP contribution in [-0.4, -0.2) is 60.1 Å². The van der Waals surface area contributed by atoms with Gasteiger partial charge in [0.2, 0.25) is 15.9 Å². The molecule has 1 fully saturated rings. The molecule has 36 heavy (non-hydrogen) atoms. The molecule has 0 radical (unpaired) electrons. The fraction of sp³-hybridized carbons (Fsp3) is 0.333. The summed E-state index contributed by atoms with van der Waals surface area (Å²) >= 11 is 0. The van der Waals surface area contributed by atoms with Gasteiger partial charge in [-0.3, -0.25) is 0 Å². The first kappa shape index (κ1) is 25.9. The van der Waals surface area contributed by atoms with Crippen molar-refractivity contribution in [1.82, 2.24) is 14.3 Å². The number of nitrogens with one attached hydrogen (secondary N) is 1. The van der Waals surface area contributed by atoms with E-state index >= 15 is 0 Å². The summed E-state index contributed by atoms with van der Waals surface area (Å²) in [6.45, 7) is 1.83. The topological polar surface area (TPSA) is 105 Å². The molecule has 1 saturated heterocycles. The Morgan fingerprint density at radius 1 is 1.11 bits per heavy atom. The number of benzene rings is 1. The number of anilines is 1. The van der Waals surface area contributed by atoms with Crippen molar-refractivity contribution in [1.29, 1.82) is 0 Å². The van der Waals surface area contributed by atoms with Crippen molar-refractivity contribution in [2.45, 2.75) is 36.6 Å². The molecule has 0 amide bonds. The van der Waals surface area contributed by atoms with Gasteiger partial charge in [0.05, 0.1) is 29.7 Å². The van der Waals surface area contributed by atoms with Gasteiger partial charge in [0.15, 0.2) is 0 Å². The molecule has 3 heterocycles. The third kappa shape index (κ3) is 5.30. The summed E-state index contributed by atoms with van der Waals surface area (Å²) in [4.78, 5) is 8.00. The normalized spacial score (nSPS) is 19.2. The lowest BCUT2D eigenvalue weighted by molar-refractivity contribution is -0.137. The molecule has 192 valence electrons. The van der Waals surface area contributed by atoms with Crippen LogP contribution in [0.25, 0.3) is 11.1 Å². The largest absolute Gasteiger partial charge is 0.481 e. The molecule has 0 spiro atoms. The number of halogens is 3. The Labute approximate surface area is 206 Å². The zero-order valence-electron chi connectivity index (χ0n) is 19.5. The molecule has 0 bridgehead atoms. The Balaban J connectivity index is 1.44. The van der Waals surface area contributed by atoms with Gasteiger partial charge in [-0.1, -0.05) is 12.1 Å². The summed E-state index contributed by atoms with van der Waals surface area (Å²) in [5.74, 6) is 0.656. The number of sulfonamides is 1. The highest BCUT2D eigenvalue weighted by atomic mass is 32.2. The molecule has 8 nitrogen and oxygen atoms in total. The summed E-state index contributed by atoms with van der Waals surface area (Å²) in [5, 5.41) is 13.5. The van der Waals surface area contributed by atoms with Crippen LogP contribution < -0.4 is 10.1 Å². The van der Waals surface area contributed by atoms with Crippen molar-refractivity contribution in [2.24, 2.45) is 0 Å². The summed E-state index contributed by atoms with van der Waals surface area (Å²) in [6, 6.07) is 9.77. The monoisotopic (exact) mass is 522 g/mol. The maximum absolute atomic E-state index is 13.2. The van der Waals surface area contributed by atoms with Crippen LogP contribution in [0, 0.1) is 6.92 Å². The summed E-state index contributed by atoms with van der Waals surface area (Å²) in [6.07, 6.45) is -3.00. The number of ether oxygens (including phenoxy) is 1. The van der Waals surface area contributed by atoms with Crippen LogP contribution in [0.15, 0.2) is 59.8 Å². The zero-order chi connectivity index (χ0) is 26.1. The van der Waals surface area contributed by atoms with Crippen LogP contribution in [0.3, 0.4) is 0 Å². The standard InChI is InChI=1S/C24H25F3N4O4S/c1-15-19(9-11-28-23(15)35-2)16-3-6-18(7-4-16)36(33,34)31-12-10-20(21(32)14-31)30-22-8-5-17(13-29-22)24(25,26)27/h3-9,11,13,20-21,32H,10,12,14H2,1-2H3,(H,29,30)/t20-,21+/m1/s1. The fourth-order valence-electron chi connectivity index (χ4n) is 4.12. The molecule has 0 unspecified atom stereocenters. The van der Waals surface area contributed by atoms with Crippen LogP contribution in [0.4, 0.5) is 19.0 Å². The molecule has 2 atom stereocenters. The lowest BCUT2D eigenvalue weighted by atomic mass is 10.0. The molecule has 1 aliphatic rings. The molecule has 1 aliphatic heterocycles. The Morgan fingerprint density at radius 3 is 2.42 bits per heavy atom. The molecule has 2 aromatic heterocycles. The molecule has 12 heteroatoms. The summed E-state index contributed by atoms with van der Waals surface area (Å²) < 4.78 is 71.0. The third-order valence-electron chi connectivity index (χ3n) is 6.12. The summed E-state index contributed by atoms with van der Waals surface area (Å²) in [7, 11) is -2.34. The number of hydrogen-bond donors (Lipinski definition) is 2. The highest BCUT2D eigenvalue weighted by molar-refractivity contribution is 7.89.